The van der Waals surface area contributed by atoms with Gasteiger partial charge in [0.25, 0.3) is 5.56 Å². The molecular formula is C24H23ClN4O2S. The summed E-state index contributed by atoms with van der Waals surface area (Å²) in [6.45, 7) is 8.33. The molecule has 0 fully saturated rings. The second-order valence-electron chi connectivity index (χ2n) is 7.81. The molecule has 0 radical (unpaired) electrons. The highest BCUT2D eigenvalue weighted by atomic mass is 35.5. The van der Waals surface area contributed by atoms with E-state index >= 15 is 0 Å². The lowest BCUT2D eigenvalue weighted by molar-refractivity contribution is 0.305. The lowest BCUT2D eigenvalue weighted by Crippen LogP contribution is -2.22. The van der Waals surface area contributed by atoms with Crippen LogP contribution in [0.15, 0.2) is 52.9 Å². The zero-order chi connectivity index (χ0) is 22.8. The summed E-state index contributed by atoms with van der Waals surface area (Å²) < 4.78 is 7.40. The standard InChI is InChI=1S/C24H23ClN4O2S/c1-14(2)23-27-8-6-19(28-23)20-11-18(5-7-26-20)29-15(3)9-21(22(25)24(29)30)31-12-17-10-16(4)32-13-17/h5-11,13-14H,12H2,1-4H3. The van der Waals surface area contributed by atoms with Crippen molar-refractivity contribution in [1.82, 2.24) is 19.5 Å². The van der Waals surface area contributed by atoms with Crippen LogP contribution in [0.2, 0.25) is 5.02 Å². The molecule has 164 valence electrons. The minimum atomic E-state index is -0.342. The molecule has 0 saturated carbocycles. The third-order valence-electron chi connectivity index (χ3n) is 4.93. The van der Waals surface area contributed by atoms with E-state index in [0.29, 0.717) is 35.1 Å². The Balaban J connectivity index is 1.68. The van der Waals surface area contributed by atoms with Gasteiger partial charge >= 0.3 is 0 Å². The maximum atomic E-state index is 13.1. The summed E-state index contributed by atoms with van der Waals surface area (Å²) in [5, 5.41) is 2.08. The molecule has 8 heteroatoms. The van der Waals surface area contributed by atoms with Crippen LogP contribution in [0.4, 0.5) is 0 Å². The topological polar surface area (TPSA) is 69.9 Å². The first-order chi connectivity index (χ1) is 15.3. The van der Waals surface area contributed by atoms with Gasteiger partial charge in [-0.1, -0.05) is 25.4 Å². The number of hydrogen-bond donors (Lipinski definition) is 0. The van der Waals surface area contributed by atoms with Gasteiger partial charge in [0.2, 0.25) is 0 Å². The Bertz CT molecular complexity index is 1330. The number of pyridine rings is 2. The Labute approximate surface area is 195 Å². The van der Waals surface area contributed by atoms with Crippen LogP contribution >= 0.6 is 22.9 Å². The zero-order valence-electron chi connectivity index (χ0n) is 18.3. The van der Waals surface area contributed by atoms with Crippen molar-refractivity contribution in [2.24, 2.45) is 0 Å². The molecule has 4 aromatic rings. The molecule has 0 unspecified atom stereocenters. The molecule has 4 aromatic heterocycles. The minimum absolute atomic E-state index is 0.0463. The molecule has 32 heavy (non-hydrogen) atoms. The molecule has 4 rings (SSSR count). The van der Waals surface area contributed by atoms with Gasteiger partial charge in [-0.25, -0.2) is 9.97 Å². The fourth-order valence-corrected chi connectivity index (χ4v) is 4.22. The Morgan fingerprint density at radius 3 is 2.59 bits per heavy atom. The maximum absolute atomic E-state index is 13.1. The van der Waals surface area contributed by atoms with Crippen LogP contribution in [0.3, 0.4) is 0 Å². The number of rotatable bonds is 6. The first-order valence-electron chi connectivity index (χ1n) is 10.2. The van der Waals surface area contributed by atoms with Crippen LogP contribution in [-0.2, 0) is 6.61 Å². The Hall–Kier alpha value is -3.03. The van der Waals surface area contributed by atoms with Gasteiger partial charge < -0.3 is 4.74 Å². The molecule has 0 aromatic carbocycles. The summed E-state index contributed by atoms with van der Waals surface area (Å²) in [6.07, 6.45) is 3.38. The first kappa shape index (κ1) is 22.2. The van der Waals surface area contributed by atoms with Crippen molar-refractivity contribution in [3.63, 3.8) is 0 Å². The summed E-state index contributed by atoms with van der Waals surface area (Å²) in [6, 6.07) is 9.25. The van der Waals surface area contributed by atoms with Gasteiger partial charge in [0.1, 0.15) is 23.2 Å². The lowest BCUT2D eigenvalue weighted by atomic mass is 10.2. The van der Waals surface area contributed by atoms with Gasteiger partial charge in [-0.05, 0) is 43.5 Å². The number of halogens is 1. The maximum Gasteiger partial charge on any atom is 0.277 e. The van der Waals surface area contributed by atoms with E-state index < -0.39 is 0 Å². The van der Waals surface area contributed by atoms with Crippen molar-refractivity contribution in [2.45, 2.75) is 40.2 Å². The molecule has 0 N–H and O–H groups in total. The Kier molecular flexibility index (Phi) is 6.39. The predicted octanol–water partition coefficient (Wildman–Crippen LogP) is 5.72. The number of ether oxygens (including phenoxy) is 1. The van der Waals surface area contributed by atoms with E-state index in [2.05, 4.69) is 21.0 Å². The van der Waals surface area contributed by atoms with Gasteiger partial charge in [-0.3, -0.25) is 14.3 Å². The van der Waals surface area contributed by atoms with E-state index in [4.69, 9.17) is 16.3 Å². The summed E-state index contributed by atoms with van der Waals surface area (Å²) in [5.41, 5.74) is 3.43. The molecule has 0 amide bonds. The van der Waals surface area contributed by atoms with Crippen LogP contribution in [0.1, 0.15) is 41.7 Å². The lowest BCUT2D eigenvalue weighted by Gasteiger charge is -2.15. The van der Waals surface area contributed by atoms with Crippen molar-refractivity contribution in [3.05, 3.63) is 85.4 Å². The molecule has 4 heterocycles. The average molecular weight is 467 g/mol. The van der Waals surface area contributed by atoms with Crippen molar-refractivity contribution in [3.8, 4) is 22.8 Å². The van der Waals surface area contributed by atoms with E-state index in [9.17, 15) is 4.79 Å². The number of hydrogen-bond acceptors (Lipinski definition) is 6. The van der Waals surface area contributed by atoms with Crippen molar-refractivity contribution in [1.29, 1.82) is 0 Å². The van der Waals surface area contributed by atoms with E-state index in [-0.39, 0.29) is 16.5 Å². The Morgan fingerprint density at radius 1 is 1.09 bits per heavy atom. The summed E-state index contributed by atoms with van der Waals surface area (Å²) in [4.78, 5) is 27.7. The molecule has 0 aliphatic rings. The molecule has 0 spiro atoms. The highest BCUT2D eigenvalue weighted by molar-refractivity contribution is 7.10. The van der Waals surface area contributed by atoms with Crippen LogP contribution in [0.5, 0.6) is 5.75 Å². The molecule has 0 aliphatic heterocycles. The van der Waals surface area contributed by atoms with Crippen molar-refractivity contribution in [2.75, 3.05) is 0 Å². The molecular weight excluding hydrogens is 444 g/mol. The van der Waals surface area contributed by atoms with Crippen molar-refractivity contribution >= 4 is 22.9 Å². The normalized spacial score (nSPS) is 11.2. The van der Waals surface area contributed by atoms with Crippen LogP contribution in [0.25, 0.3) is 17.1 Å². The predicted molar refractivity (Wildman–Crippen MR) is 128 cm³/mol. The molecule has 0 aliphatic carbocycles. The smallest absolute Gasteiger partial charge is 0.277 e. The largest absolute Gasteiger partial charge is 0.487 e. The molecule has 0 atom stereocenters. The molecule has 0 saturated heterocycles. The summed E-state index contributed by atoms with van der Waals surface area (Å²) in [5.74, 6) is 1.32. The third kappa shape index (κ3) is 4.59. The second kappa shape index (κ2) is 9.22. The SMILES string of the molecule is Cc1cc(COc2cc(C)n(-c3ccnc(-c4ccnc(C(C)C)n4)c3)c(=O)c2Cl)cs1. The number of aryl methyl sites for hydroxylation is 2. The minimum Gasteiger partial charge on any atom is -0.487 e. The first-order valence-corrected chi connectivity index (χ1v) is 11.5. The molecule has 0 bridgehead atoms. The number of thiophene rings is 1. The van der Waals surface area contributed by atoms with E-state index in [1.54, 1.807) is 40.4 Å². The van der Waals surface area contributed by atoms with Crippen molar-refractivity contribution < 1.29 is 4.74 Å². The van der Waals surface area contributed by atoms with Gasteiger partial charge in [0.05, 0.1) is 17.1 Å². The van der Waals surface area contributed by atoms with Gasteiger partial charge in [0, 0.05) is 40.5 Å². The molecule has 6 nitrogen and oxygen atoms in total. The zero-order valence-corrected chi connectivity index (χ0v) is 19.9. The van der Waals surface area contributed by atoms with E-state index in [1.807, 2.05) is 45.2 Å². The van der Waals surface area contributed by atoms with E-state index in [1.165, 1.54) is 4.88 Å². The third-order valence-corrected chi connectivity index (χ3v) is 6.19. The summed E-state index contributed by atoms with van der Waals surface area (Å²) >= 11 is 8.07. The highest BCUT2D eigenvalue weighted by Gasteiger charge is 2.15. The quantitative estimate of drug-likeness (QED) is 0.363. The Morgan fingerprint density at radius 2 is 1.88 bits per heavy atom. The van der Waals surface area contributed by atoms with Crippen LogP contribution < -0.4 is 10.3 Å². The second-order valence-corrected chi connectivity index (χ2v) is 9.31. The fraction of sp³-hybridized carbons (Fsp3) is 0.250. The van der Waals surface area contributed by atoms with Gasteiger partial charge in [0.15, 0.2) is 0 Å². The van der Waals surface area contributed by atoms with Gasteiger partial charge in [-0.2, -0.15) is 0 Å². The monoisotopic (exact) mass is 466 g/mol. The van der Waals surface area contributed by atoms with Crippen LogP contribution in [0, 0.1) is 13.8 Å². The summed E-state index contributed by atoms with van der Waals surface area (Å²) in [7, 11) is 0. The highest BCUT2D eigenvalue weighted by Crippen LogP contribution is 2.26. The van der Waals surface area contributed by atoms with Gasteiger partial charge in [-0.15, -0.1) is 11.3 Å². The average Bonchev–Trinajstić information content (AvgIpc) is 3.20. The number of nitrogens with zero attached hydrogens (tertiary/aromatic N) is 4. The van der Waals surface area contributed by atoms with E-state index in [0.717, 1.165) is 11.4 Å². The number of aromatic nitrogens is 4. The van der Waals surface area contributed by atoms with Crippen LogP contribution in [-0.4, -0.2) is 19.5 Å². The fourth-order valence-electron chi connectivity index (χ4n) is 3.33.